The van der Waals surface area contributed by atoms with Crippen molar-refractivity contribution in [2.24, 2.45) is 5.73 Å². The van der Waals surface area contributed by atoms with Crippen LogP contribution >= 0.6 is 24.0 Å². The van der Waals surface area contributed by atoms with Crippen LogP contribution in [0.5, 0.6) is 0 Å². The summed E-state index contributed by atoms with van der Waals surface area (Å²) in [6.45, 7) is 3.74. The second kappa shape index (κ2) is 6.56. The number of rotatable bonds is 4. The van der Waals surface area contributed by atoms with Gasteiger partial charge in [-0.25, -0.2) is 13.1 Å². The van der Waals surface area contributed by atoms with Crippen LogP contribution in [0.15, 0.2) is 23.1 Å². The SMILES string of the molecule is Cc1ccc(Cl)c(S(=O)(=O)N[C@@H](C)CN)c1.Cl. The Morgan fingerprint density at radius 1 is 1.47 bits per heavy atom. The number of hydrogen-bond donors (Lipinski definition) is 2. The molecule has 7 heteroatoms. The Morgan fingerprint density at radius 3 is 2.59 bits per heavy atom. The third-order valence-electron chi connectivity index (χ3n) is 2.09. The minimum atomic E-state index is -3.59. The fraction of sp³-hybridized carbons (Fsp3) is 0.400. The molecule has 4 nitrogen and oxygen atoms in total. The van der Waals surface area contributed by atoms with E-state index in [1.165, 1.54) is 6.07 Å². The van der Waals surface area contributed by atoms with Crippen molar-refractivity contribution in [3.63, 3.8) is 0 Å². The van der Waals surface area contributed by atoms with Gasteiger partial charge in [0.1, 0.15) is 4.90 Å². The first-order chi connectivity index (χ1) is 7.36. The Morgan fingerprint density at radius 2 is 2.06 bits per heavy atom. The molecule has 0 aliphatic heterocycles. The first-order valence-electron chi connectivity index (χ1n) is 4.85. The van der Waals surface area contributed by atoms with Crippen LogP contribution in [0.1, 0.15) is 12.5 Å². The highest BCUT2D eigenvalue weighted by molar-refractivity contribution is 7.89. The van der Waals surface area contributed by atoms with Crippen molar-refractivity contribution in [3.05, 3.63) is 28.8 Å². The zero-order chi connectivity index (χ0) is 12.3. The topological polar surface area (TPSA) is 72.2 Å². The van der Waals surface area contributed by atoms with Crippen LogP contribution in [0.4, 0.5) is 0 Å². The lowest BCUT2D eigenvalue weighted by Gasteiger charge is -2.13. The monoisotopic (exact) mass is 298 g/mol. The van der Waals surface area contributed by atoms with Crippen molar-refractivity contribution in [2.45, 2.75) is 24.8 Å². The lowest BCUT2D eigenvalue weighted by molar-refractivity contribution is 0.562. The minimum absolute atomic E-state index is 0. The molecule has 0 spiro atoms. The highest BCUT2D eigenvalue weighted by Crippen LogP contribution is 2.22. The second-order valence-electron chi connectivity index (χ2n) is 3.69. The Labute approximate surface area is 113 Å². The summed E-state index contributed by atoms with van der Waals surface area (Å²) in [5, 5.41) is 0.210. The van der Waals surface area contributed by atoms with E-state index in [-0.39, 0.29) is 34.9 Å². The molecule has 0 bridgehead atoms. The third kappa shape index (κ3) is 4.44. The maximum absolute atomic E-state index is 11.9. The predicted molar refractivity (Wildman–Crippen MR) is 72.3 cm³/mol. The van der Waals surface area contributed by atoms with E-state index in [9.17, 15) is 8.42 Å². The van der Waals surface area contributed by atoms with Crippen molar-refractivity contribution in [1.29, 1.82) is 0 Å². The summed E-state index contributed by atoms with van der Waals surface area (Å²) in [6.07, 6.45) is 0. The molecule has 0 unspecified atom stereocenters. The Balaban J connectivity index is 0.00000256. The van der Waals surface area contributed by atoms with Crippen LogP contribution in [0.3, 0.4) is 0 Å². The maximum atomic E-state index is 11.9. The fourth-order valence-electron chi connectivity index (χ4n) is 1.19. The van der Waals surface area contributed by atoms with Gasteiger partial charge < -0.3 is 5.73 Å². The van der Waals surface area contributed by atoms with E-state index in [1.54, 1.807) is 19.1 Å². The second-order valence-corrected chi connectivity index (χ2v) is 5.78. The molecule has 1 rings (SSSR count). The summed E-state index contributed by atoms with van der Waals surface area (Å²) in [4.78, 5) is 0.0921. The van der Waals surface area contributed by atoms with Gasteiger partial charge in [-0.3, -0.25) is 0 Å². The van der Waals surface area contributed by atoms with Gasteiger partial charge in [0.2, 0.25) is 10.0 Å². The summed E-state index contributed by atoms with van der Waals surface area (Å²) >= 11 is 5.86. The molecule has 0 aliphatic carbocycles. The maximum Gasteiger partial charge on any atom is 0.242 e. The van der Waals surface area contributed by atoms with Gasteiger partial charge in [0.05, 0.1) is 5.02 Å². The largest absolute Gasteiger partial charge is 0.329 e. The summed E-state index contributed by atoms with van der Waals surface area (Å²) in [6, 6.07) is 4.54. The molecule has 3 N–H and O–H groups in total. The van der Waals surface area contributed by atoms with E-state index in [1.807, 2.05) is 6.92 Å². The smallest absolute Gasteiger partial charge is 0.242 e. The zero-order valence-electron chi connectivity index (χ0n) is 9.60. The van der Waals surface area contributed by atoms with Gasteiger partial charge in [0.25, 0.3) is 0 Å². The number of nitrogens with one attached hydrogen (secondary N) is 1. The van der Waals surface area contributed by atoms with Crippen LogP contribution in [0, 0.1) is 6.92 Å². The molecule has 1 aromatic rings. The average molecular weight is 299 g/mol. The van der Waals surface area contributed by atoms with Gasteiger partial charge in [0.15, 0.2) is 0 Å². The van der Waals surface area contributed by atoms with Crippen LogP contribution in [0.2, 0.25) is 5.02 Å². The number of nitrogens with two attached hydrogens (primary N) is 1. The van der Waals surface area contributed by atoms with Crippen LogP contribution in [-0.2, 0) is 10.0 Å². The normalized spacial score (nSPS) is 12.9. The van der Waals surface area contributed by atoms with E-state index in [4.69, 9.17) is 17.3 Å². The molecule has 0 heterocycles. The molecule has 0 saturated heterocycles. The van der Waals surface area contributed by atoms with E-state index in [2.05, 4.69) is 4.72 Å². The number of sulfonamides is 1. The first kappa shape index (κ1) is 16.7. The van der Waals surface area contributed by atoms with Crippen LogP contribution < -0.4 is 10.5 Å². The third-order valence-corrected chi connectivity index (χ3v) is 4.16. The van der Waals surface area contributed by atoms with Crippen molar-refractivity contribution in [2.75, 3.05) is 6.54 Å². The van der Waals surface area contributed by atoms with Crippen molar-refractivity contribution >= 4 is 34.0 Å². The molecule has 0 aliphatic rings. The summed E-state index contributed by atoms with van der Waals surface area (Å²) < 4.78 is 26.3. The van der Waals surface area contributed by atoms with Crippen molar-refractivity contribution < 1.29 is 8.42 Å². The molecule has 98 valence electrons. The Kier molecular flexibility index (Phi) is 6.43. The molecule has 0 saturated carbocycles. The number of hydrogen-bond acceptors (Lipinski definition) is 3. The fourth-order valence-corrected chi connectivity index (χ4v) is 3.03. The molecule has 17 heavy (non-hydrogen) atoms. The van der Waals surface area contributed by atoms with E-state index in [0.29, 0.717) is 0 Å². The summed E-state index contributed by atoms with van der Waals surface area (Å²) in [7, 11) is -3.59. The number of halogens is 2. The Hall–Kier alpha value is -0.330. The standard InChI is InChI=1S/C10H15ClN2O2S.ClH/c1-7-3-4-9(11)10(5-7)16(14,15)13-8(2)6-12;/h3-5,8,13H,6,12H2,1-2H3;1H/t8-;/m0./s1. The number of aryl methyl sites for hydroxylation is 1. The van der Waals surface area contributed by atoms with Crippen molar-refractivity contribution in [1.82, 2.24) is 4.72 Å². The molecule has 0 radical (unpaired) electrons. The minimum Gasteiger partial charge on any atom is -0.329 e. The van der Waals surface area contributed by atoms with Crippen LogP contribution in [0.25, 0.3) is 0 Å². The lowest BCUT2D eigenvalue weighted by Crippen LogP contribution is -2.37. The quantitative estimate of drug-likeness (QED) is 0.888. The van der Waals surface area contributed by atoms with E-state index < -0.39 is 10.0 Å². The van der Waals surface area contributed by atoms with Crippen LogP contribution in [-0.4, -0.2) is 21.0 Å². The summed E-state index contributed by atoms with van der Waals surface area (Å²) in [5.74, 6) is 0. The van der Waals surface area contributed by atoms with E-state index >= 15 is 0 Å². The van der Waals surface area contributed by atoms with Gasteiger partial charge in [-0.1, -0.05) is 17.7 Å². The summed E-state index contributed by atoms with van der Waals surface area (Å²) in [5.41, 5.74) is 6.20. The van der Waals surface area contributed by atoms with Gasteiger partial charge in [-0.15, -0.1) is 12.4 Å². The Bertz CT molecular complexity index is 477. The first-order valence-corrected chi connectivity index (χ1v) is 6.71. The number of benzene rings is 1. The molecule has 1 aromatic carbocycles. The molecule has 0 fully saturated rings. The highest BCUT2D eigenvalue weighted by atomic mass is 35.5. The van der Waals surface area contributed by atoms with Crippen molar-refractivity contribution in [3.8, 4) is 0 Å². The highest BCUT2D eigenvalue weighted by Gasteiger charge is 2.19. The molecular formula is C10H16Cl2N2O2S. The molecular weight excluding hydrogens is 283 g/mol. The molecule has 1 atom stereocenters. The molecule has 0 amide bonds. The average Bonchev–Trinajstić information content (AvgIpc) is 2.20. The molecule has 0 aromatic heterocycles. The predicted octanol–water partition coefficient (Wildman–Crippen LogP) is 1.70. The lowest BCUT2D eigenvalue weighted by atomic mass is 10.2. The van der Waals surface area contributed by atoms with E-state index in [0.717, 1.165) is 5.56 Å². The zero-order valence-corrected chi connectivity index (χ0v) is 12.0. The van der Waals surface area contributed by atoms with Gasteiger partial charge in [0, 0.05) is 12.6 Å². The van der Waals surface area contributed by atoms with Gasteiger partial charge >= 0.3 is 0 Å². The van der Waals surface area contributed by atoms with Gasteiger partial charge in [-0.05, 0) is 31.5 Å². The van der Waals surface area contributed by atoms with Gasteiger partial charge in [-0.2, -0.15) is 0 Å².